The van der Waals surface area contributed by atoms with Crippen molar-refractivity contribution in [1.29, 1.82) is 0 Å². The fraction of sp³-hybridized carbons (Fsp3) is 0.429. The van der Waals surface area contributed by atoms with Gasteiger partial charge in [0.25, 0.3) is 0 Å². The number of likely N-dealkylation sites (tertiary alicyclic amines) is 1. The van der Waals surface area contributed by atoms with E-state index < -0.39 is 0 Å². The van der Waals surface area contributed by atoms with Gasteiger partial charge in [0, 0.05) is 24.7 Å². The van der Waals surface area contributed by atoms with Crippen LogP contribution in [0.1, 0.15) is 29.2 Å². The lowest BCUT2D eigenvalue weighted by atomic mass is 10.0. The number of hydrogen-bond acceptors (Lipinski definition) is 3. The minimum Gasteiger partial charge on any atom is -0.342 e. The Balaban J connectivity index is 1.63. The van der Waals surface area contributed by atoms with E-state index in [2.05, 4.69) is 17.1 Å². The summed E-state index contributed by atoms with van der Waals surface area (Å²) in [6, 6.07) is 2.02. The third-order valence-corrected chi connectivity index (χ3v) is 4.48. The number of aromatic amines is 1. The fourth-order valence-electron chi connectivity index (χ4n) is 2.67. The molecule has 0 aliphatic carbocycles. The summed E-state index contributed by atoms with van der Waals surface area (Å²) in [5.41, 5.74) is 3.50. The van der Waals surface area contributed by atoms with Gasteiger partial charge in [-0.05, 0) is 41.3 Å². The van der Waals surface area contributed by atoms with Crippen molar-refractivity contribution in [2.75, 3.05) is 13.1 Å². The summed E-state index contributed by atoms with van der Waals surface area (Å²) in [7, 11) is 0. The number of thiophene rings is 1. The van der Waals surface area contributed by atoms with Gasteiger partial charge in [-0.25, -0.2) is 0 Å². The highest BCUT2D eigenvalue weighted by Crippen LogP contribution is 2.28. The molecule has 1 N–H and O–H groups in total. The molecule has 0 radical (unpaired) electrons. The van der Waals surface area contributed by atoms with Gasteiger partial charge >= 0.3 is 0 Å². The molecule has 2 aromatic heterocycles. The third-order valence-electron chi connectivity index (χ3n) is 3.75. The van der Waals surface area contributed by atoms with Crippen LogP contribution in [0.5, 0.6) is 0 Å². The van der Waals surface area contributed by atoms with Crippen LogP contribution in [0.15, 0.2) is 23.0 Å². The lowest BCUT2D eigenvalue weighted by Gasteiger charge is -2.16. The molecule has 1 atom stereocenters. The van der Waals surface area contributed by atoms with Crippen LogP contribution < -0.4 is 0 Å². The van der Waals surface area contributed by atoms with E-state index in [4.69, 9.17) is 0 Å². The molecule has 1 fully saturated rings. The van der Waals surface area contributed by atoms with E-state index in [9.17, 15) is 4.79 Å². The van der Waals surface area contributed by atoms with Gasteiger partial charge in [-0.2, -0.15) is 16.4 Å². The zero-order chi connectivity index (χ0) is 13.2. The molecule has 1 amide bonds. The summed E-state index contributed by atoms with van der Waals surface area (Å²) in [4.78, 5) is 14.2. The number of aryl methyl sites for hydroxylation is 1. The predicted molar refractivity (Wildman–Crippen MR) is 75.3 cm³/mol. The third kappa shape index (κ3) is 2.56. The molecule has 0 spiro atoms. The summed E-state index contributed by atoms with van der Waals surface area (Å²) >= 11 is 1.64. The van der Waals surface area contributed by atoms with Crippen LogP contribution in [0, 0.1) is 6.92 Å². The number of carbonyl (C=O) groups is 1. The molecule has 1 aliphatic rings. The lowest BCUT2D eigenvalue weighted by molar-refractivity contribution is -0.129. The van der Waals surface area contributed by atoms with Crippen molar-refractivity contribution in [3.63, 3.8) is 0 Å². The number of rotatable bonds is 3. The fourth-order valence-corrected chi connectivity index (χ4v) is 3.34. The smallest absolute Gasteiger partial charge is 0.227 e. The average Bonchev–Trinajstić information content (AvgIpc) is 3.08. The molecular weight excluding hydrogens is 258 g/mol. The Bertz CT molecular complexity index is 561. The van der Waals surface area contributed by atoms with Gasteiger partial charge in [0.2, 0.25) is 5.91 Å². The van der Waals surface area contributed by atoms with E-state index in [-0.39, 0.29) is 5.91 Å². The van der Waals surface area contributed by atoms with Crippen LogP contribution >= 0.6 is 11.3 Å². The first-order valence-corrected chi connectivity index (χ1v) is 7.47. The lowest BCUT2D eigenvalue weighted by Crippen LogP contribution is -2.29. The van der Waals surface area contributed by atoms with Gasteiger partial charge in [-0.1, -0.05) is 0 Å². The second-order valence-corrected chi connectivity index (χ2v) is 5.88. The summed E-state index contributed by atoms with van der Waals surface area (Å²) < 4.78 is 0. The monoisotopic (exact) mass is 275 g/mol. The van der Waals surface area contributed by atoms with E-state index >= 15 is 0 Å². The van der Waals surface area contributed by atoms with Gasteiger partial charge in [0.1, 0.15) is 0 Å². The van der Waals surface area contributed by atoms with Crippen LogP contribution in [-0.4, -0.2) is 34.1 Å². The number of nitrogens with zero attached hydrogens (tertiary/aromatic N) is 2. The highest BCUT2D eigenvalue weighted by molar-refractivity contribution is 7.07. The van der Waals surface area contributed by atoms with Crippen molar-refractivity contribution in [2.45, 2.75) is 25.7 Å². The van der Waals surface area contributed by atoms with Crippen LogP contribution in [0.2, 0.25) is 0 Å². The van der Waals surface area contributed by atoms with Crippen LogP contribution in [0.3, 0.4) is 0 Å². The average molecular weight is 275 g/mol. The number of amides is 1. The standard InChI is InChI=1S/C14H17N3OS/c1-10-7-15-16-14(10)12-2-4-17(8-12)13(18)6-11-3-5-19-9-11/h3,5,7,9,12H,2,4,6,8H2,1H3,(H,15,16)/t12-/m1/s1. The van der Waals surface area contributed by atoms with Crippen molar-refractivity contribution in [3.8, 4) is 0 Å². The Morgan fingerprint density at radius 3 is 3.21 bits per heavy atom. The SMILES string of the molecule is Cc1cn[nH]c1[C@@H]1CCN(C(=O)Cc2ccsc2)C1. The molecular formula is C14H17N3OS. The molecule has 100 valence electrons. The first-order valence-electron chi connectivity index (χ1n) is 6.53. The molecule has 4 nitrogen and oxygen atoms in total. The molecule has 1 saturated heterocycles. The van der Waals surface area contributed by atoms with E-state index in [0.29, 0.717) is 12.3 Å². The summed E-state index contributed by atoms with van der Waals surface area (Å²) in [5, 5.41) is 11.2. The molecule has 3 heterocycles. The van der Waals surface area contributed by atoms with E-state index in [1.165, 1.54) is 11.3 Å². The second-order valence-electron chi connectivity index (χ2n) is 5.10. The highest BCUT2D eigenvalue weighted by Gasteiger charge is 2.28. The Morgan fingerprint density at radius 2 is 2.53 bits per heavy atom. The molecule has 0 unspecified atom stereocenters. The van der Waals surface area contributed by atoms with Crippen molar-refractivity contribution in [3.05, 3.63) is 39.8 Å². The molecule has 0 saturated carbocycles. The maximum atomic E-state index is 12.2. The maximum absolute atomic E-state index is 12.2. The number of H-pyrrole nitrogens is 1. The predicted octanol–water partition coefficient (Wildman–Crippen LogP) is 2.34. The Kier molecular flexibility index (Phi) is 3.38. The van der Waals surface area contributed by atoms with Gasteiger partial charge in [-0.15, -0.1) is 0 Å². The van der Waals surface area contributed by atoms with E-state index in [1.54, 1.807) is 11.3 Å². The Morgan fingerprint density at radius 1 is 1.63 bits per heavy atom. The minimum atomic E-state index is 0.234. The zero-order valence-corrected chi connectivity index (χ0v) is 11.7. The van der Waals surface area contributed by atoms with Gasteiger partial charge in [-0.3, -0.25) is 9.89 Å². The molecule has 0 aromatic carbocycles. The van der Waals surface area contributed by atoms with Crippen molar-refractivity contribution in [2.24, 2.45) is 0 Å². The van der Waals surface area contributed by atoms with Crippen molar-refractivity contribution >= 4 is 17.2 Å². The van der Waals surface area contributed by atoms with Crippen LogP contribution in [0.4, 0.5) is 0 Å². The topological polar surface area (TPSA) is 49.0 Å². The molecule has 5 heteroatoms. The zero-order valence-electron chi connectivity index (χ0n) is 10.9. The van der Waals surface area contributed by atoms with E-state index in [1.807, 2.05) is 27.9 Å². The van der Waals surface area contributed by atoms with Crippen LogP contribution in [0.25, 0.3) is 0 Å². The normalized spacial score (nSPS) is 19.0. The molecule has 19 heavy (non-hydrogen) atoms. The molecule has 0 bridgehead atoms. The summed E-state index contributed by atoms with van der Waals surface area (Å²) in [6.45, 7) is 3.73. The number of hydrogen-bond donors (Lipinski definition) is 1. The maximum Gasteiger partial charge on any atom is 0.227 e. The Hall–Kier alpha value is -1.62. The first kappa shape index (κ1) is 12.4. The largest absolute Gasteiger partial charge is 0.342 e. The number of nitrogens with one attached hydrogen (secondary N) is 1. The molecule has 2 aromatic rings. The van der Waals surface area contributed by atoms with Crippen molar-refractivity contribution in [1.82, 2.24) is 15.1 Å². The quantitative estimate of drug-likeness (QED) is 0.934. The minimum absolute atomic E-state index is 0.234. The summed E-state index contributed by atoms with van der Waals surface area (Å²) in [6.07, 6.45) is 3.40. The second kappa shape index (κ2) is 5.17. The van der Waals surface area contributed by atoms with Gasteiger partial charge < -0.3 is 4.90 Å². The highest BCUT2D eigenvalue weighted by atomic mass is 32.1. The summed E-state index contributed by atoms with van der Waals surface area (Å²) in [5.74, 6) is 0.645. The molecule has 3 rings (SSSR count). The number of carbonyl (C=O) groups excluding carboxylic acids is 1. The number of aromatic nitrogens is 2. The first-order chi connectivity index (χ1) is 9.24. The van der Waals surface area contributed by atoms with Crippen LogP contribution in [-0.2, 0) is 11.2 Å². The van der Waals surface area contributed by atoms with Gasteiger partial charge in [0.15, 0.2) is 0 Å². The van der Waals surface area contributed by atoms with E-state index in [0.717, 1.165) is 25.1 Å². The molecule has 1 aliphatic heterocycles. The Labute approximate surface area is 116 Å². The van der Waals surface area contributed by atoms with Gasteiger partial charge in [0.05, 0.1) is 12.6 Å². The van der Waals surface area contributed by atoms with Crippen molar-refractivity contribution < 1.29 is 4.79 Å².